The summed E-state index contributed by atoms with van der Waals surface area (Å²) >= 11 is -2.38. The fourth-order valence-corrected chi connectivity index (χ4v) is 8.06. The van der Waals surface area contributed by atoms with Crippen LogP contribution in [-0.2, 0) is 7.80 Å². The molecule has 0 radical (unpaired) electrons. The van der Waals surface area contributed by atoms with E-state index in [0.29, 0.717) is 12.0 Å². The van der Waals surface area contributed by atoms with Gasteiger partial charge in [-0.25, -0.2) is 0 Å². The first kappa shape index (κ1) is 29.8. The molecule has 0 bridgehead atoms. The Kier molecular flexibility index (Phi) is 13.5. The molecule has 3 N–H and O–H groups in total. The normalized spacial score (nSPS) is 26.4. The van der Waals surface area contributed by atoms with Gasteiger partial charge in [-0.2, -0.15) is 0 Å². The van der Waals surface area contributed by atoms with Gasteiger partial charge in [0.1, 0.15) is 0 Å². The van der Waals surface area contributed by atoms with Gasteiger partial charge in [0.25, 0.3) is 0 Å². The molecular formula is C29H50IN2O4+. The van der Waals surface area contributed by atoms with Crippen LogP contribution in [0.25, 0.3) is 0 Å². The third kappa shape index (κ3) is 10.2. The van der Waals surface area contributed by atoms with E-state index in [1.165, 1.54) is 49.8 Å². The molecular weight excluding hydrogens is 567 g/mol. The van der Waals surface area contributed by atoms with Crippen molar-refractivity contribution in [1.82, 2.24) is 5.01 Å². The summed E-state index contributed by atoms with van der Waals surface area (Å²) < 4.78 is 22.3. The molecule has 0 fully saturated rings. The summed E-state index contributed by atoms with van der Waals surface area (Å²) in [6.45, 7) is 7.96. The summed E-state index contributed by atoms with van der Waals surface area (Å²) in [7, 11) is 0. The monoisotopic (exact) mass is 617 g/mol. The molecule has 0 saturated heterocycles. The van der Waals surface area contributed by atoms with Crippen molar-refractivity contribution in [3.8, 4) is 0 Å². The fraction of sp³-hybridized carbons (Fsp3) is 0.759. The summed E-state index contributed by atoms with van der Waals surface area (Å²) in [5, 5.41) is 16.5. The molecule has 36 heavy (non-hydrogen) atoms. The molecule has 1 heterocycles. The number of hydrazine groups is 1. The Morgan fingerprint density at radius 1 is 1.22 bits per heavy atom. The standard InChI is InChI=1S/C29H49IN2O4/c1-4-10-26-19-29(32(31-26)18-17-24-11-8-6-7-9-12-24)25-13-15-28(16-14-25)35-21-27(33)22-36-30(34)20-23(3)5-2/h6,8,13-15,23-24,27-29,33-34H,4-5,7,9-12,16-22H2,1-3H3/p+1/t23-,24?,27?,28+,29?/m1/s1. The number of ether oxygens (including phenoxy) is 1. The van der Waals surface area contributed by atoms with Crippen molar-refractivity contribution < 1.29 is 21.4 Å². The zero-order valence-electron chi connectivity index (χ0n) is 22.7. The average molecular weight is 618 g/mol. The molecule has 0 aromatic rings. The minimum atomic E-state index is -2.38. The van der Waals surface area contributed by atoms with E-state index in [0.717, 1.165) is 42.6 Å². The van der Waals surface area contributed by atoms with Gasteiger partial charge in [-0.05, 0) is 44.4 Å². The van der Waals surface area contributed by atoms with E-state index < -0.39 is 26.8 Å². The van der Waals surface area contributed by atoms with Gasteiger partial charge < -0.3 is 0 Å². The first-order valence-electron chi connectivity index (χ1n) is 14.2. The van der Waals surface area contributed by atoms with Crippen LogP contribution in [0.3, 0.4) is 0 Å². The van der Waals surface area contributed by atoms with Crippen LogP contribution in [0.1, 0.15) is 85.0 Å². The Balaban J connectivity index is 1.43. The van der Waals surface area contributed by atoms with Crippen molar-refractivity contribution in [3.05, 3.63) is 36.0 Å². The van der Waals surface area contributed by atoms with Crippen LogP contribution in [0, 0.1) is 11.8 Å². The van der Waals surface area contributed by atoms with Crippen molar-refractivity contribution in [2.24, 2.45) is 11.8 Å². The molecule has 3 aliphatic rings. The number of hydrogen-bond donors (Lipinski definition) is 3. The van der Waals surface area contributed by atoms with E-state index in [9.17, 15) is 8.54 Å². The summed E-state index contributed by atoms with van der Waals surface area (Å²) in [6.07, 6.45) is 22.3. The molecule has 0 saturated carbocycles. The Bertz CT molecular complexity index is 768. The number of rotatable bonds is 15. The van der Waals surface area contributed by atoms with Crippen LogP contribution in [0.2, 0.25) is 0 Å². The molecule has 206 valence electrons. The number of alkyl halides is 1. The first-order valence-corrected chi connectivity index (χ1v) is 17.5. The Morgan fingerprint density at radius 2 is 2.08 bits per heavy atom. The number of hydrogen-bond acceptors (Lipinski definition) is 5. The number of nitrogens with one attached hydrogen (secondary N) is 1. The molecule has 3 rings (SSSR count). The summed E-state index contributed by atoms with van der Waals surface area (Å²) in [5.41, 5.74) is 2.83. The maximum atomic E-state index is 10.2. The van der Waals surface area contributed by atoms with Gasteiger partial charge in [0.15, 0.2) is 0 Å². The summed E-state index contributed by atoms with van der Waals surface area (Å²) in [4.78, 5) is 0. The van der Waals surface area contributed by atoms with Crippen LogP contribution >= 0.6 is 20.6 Å². The average Bonchev–Trinajstić information content (AvgIpc) is 3.10. The van der Waals surface area contributed by atoms with Crippen LogP contribution in [-0.4, -0.2) is 61.7 Å². The van der Waals surface area contributed by atoms with Crippen molar-refractivity contribution >= 4 is 26.4 Å². The fourth-order valence-electron chi connectivity index (χ4n) is 5.07. The Hall–Kier alpha value is -0.740. The third-order valence-corrected chi connectivity index (χ3v) is 10.9. The van der Waals surface area contributed by atoms with Crippen molar-refractivity contribution in [1.29, 1.82) is 0 Å². The quantitative estimate of drug-likeness (QED) is 0.144. The number of allylic oxidation sites excluding steroid dienone is 2. The van der Waals surface area contributed by atoms with Crippen molar-refractivity contribution in [2.75, 3.05) is 24.2 Å². The van der Waals surface area contributed by atoms with Gasteiger partial charge >= 0.3 is 158 Å². The maximum absolute atomic E-state index is 10.2. The van der Waals surface area contributed by atoms with Crippen LogP contribution in [0.15, 0.2) is 36.0 Å². The molecule has 1 aliphatic heterocycles. The van der Waals surface area contributed by atoms with E-state index in [1.54, 1.807) is 0 Å². The predicted octanol–water partition coefficient (Wildman–Crippen LogP) is 4.46. The van der Waals surface area contributed by atoms with Gasteiger partial charge in [-0.1, -0.05) is 19.1 Å². The molecule has 7 heteroatoms. The van der Waals surface area contributed by atoms with Gasteiger partial charge in [0.2, 0.25) is 0 Å². The van der Waals surface area contributed by atoms with Crippen LogP contribution in [0.4, 0.5) is 0 Å². The number of hydrazone groups is 1. The molecule has 0 amide bonds. The van der Waals surface area contributed by atoms with Crippen molar-refractivity contribution in [3.63, 3.8) is 0 Å². The second-order valence-electron chi connectivity index (χ2n) is 10.7. The van der Waals surface area contributed by atoms with Gasteiger partial charge in [-0.3, -0.25) is 0 Å². The Labute approximate surface area is 227 Å². The van der Waals surface area contributed by atoms with Crippen LogP contribution < -0.4 is 5.10 Å². The van der Waals surface area contributed by atoms with E-state index in [1.807, 2.05) is 0 Å². The third-order valence-electron chi connectivity index (χ3n) is 7.52. The zero-order chi connectivity index (χ0) is 25.8. The molecule has 3 unspecified atom stereocenters. The summed E-state index contributed by atoms with van der Waals surface area (Å²) in [6, 6.07) is 0.390. The SMILES string of the molecule is CCCC1=[NH+]N(CCC2CC=CCCC2)C(C2=CC[C@@H](OCC(O)COI(O)C[C@H](C)CC)C=C2)C1. The molecule has 2 aliphatic carbocycles. The number of aliphatic hydroxyl groups is 1. The second kappa shape index (κ2) is 16.3. The Morgan fingerprint density at radius 3 is 2.83 bits per heavy atom. The van der Waals surface area contributed by atoms with E-state index in [4.69, 9.17) is 7.80 Å². The summed E-state index contributed by atoms with van der Waals surface area (Å²) in [5.74, 6) is 1.27. The van der Waals surface area contributed by atoms with Gasteiger partial charge in [0, 0.05) is 6.42 Å². The first-order chi connectivity index (χ1) is 17.5. The molecule has 0 aromatic carbocycles. The zero-order valence-corrected chi connectivity index (χ0v) is 24.9. The topological polar surface area (TPSA) is 76.1 Å². The van der Waals surface area contributed by atoms with Gasteiger partial charge in [-0.15, -0.1) is 0 Å². The van der Waals surface area contributed by atoms with E-state index in [2.05, 4.69) is 61.3 Å². The second-order valence-corrected chi connectivity index (χ2v) is 13.9. The molecule has 5 atom stereocenters. The number of aliphatic hydroxyl groups excluding tert-OH is 1. The minimum absolute atomic E-state index is 0.0214. The predicted molar refractivity (Wildman–Crippen MR) is 156 cm³/mol. The van der Waals surface area contributed by atoms with Gasteiger partial charge in [0.05, 0.1) is 0 Å². The number of nitrogens with zero attached hydrogens (tertiary/aromatic N) is 1. The van der Waals surface area contributed by atoms with Crippen molar-refractivity contribution in [2.45, 2.75) is 103 Å². The van der Waals surface area contributed by atoms with E-state index in [-0.39, 0.29) is 19.3 Å². The molecule has 6 nitrogen and oxygen atoms in total. The van der Waals surface area contributed by atoms with E-state index >= 15 is 0 Å². The van der Waals surface area contributed by atoms with Crippen LogP contribution in [0.5, 0.6) is 0 Å². The molecule has 0 spiro atoms. The molecule has 0 aromatic heterocycles. The number of halogens is 1.